The van der Waals surface area contributed by atoms with Crippen LogP contribution < -0.4 is 10.1 Å². The van der Waals surface area contributed by atoms with Crippen LogP contribution in [0.1, 0.15) is 32.5 Å². The molecular formula is C16H21N3OS. The van der Waals surface area contributed by atoms with E-state index < -0.39 is 0 Å². The second-order valence-corrected chi connectivity index (χ2v) is 5.74. The Kier molecular flexibility index (Phi) is 5.44. The Labute approximate surface area is 130 Å². The zero-order chi connectivity index (χ0) is 15.2. The average molecular weight is 303 g/mol. The highest BCUT2D eigenvalue weighted by molar-refractivity contribution is 7.98. The average Bonchev–Trinajstić information content (AvgIpc) is 2.48. The molecule has 1 aromatic heterocycles. The molecule has 2 aromatic rings. The number of thioether (sulfide) groups is 1. The van der Waals surface area contributed by atoms with Gasteiger partial charge < -0.3 is 10.1 Å². The first-order valence-corrected chi connectivity index (χ1v) is 8.30. The summed E-state index contributed by atoms with van der Waals surface area (Å²) in [4.78, 5) is 10.1. The van der Waals surface area contributed by atoms with Crippen molar-refractivity contribution in [2.75, 3.05) is 18.1 Å². The van der Waals surface area contributed by atoms with Gasteiger partial charge in [0.2, 0.25) is 5.88 Å². The fourth-order valence-electron chi connectivity index (χ4n) is 1.84. The third-order valence-electron chi connectivity index (χ3n) is 2.88. The topological polar surface area (TPSA) is 47.0 Å². The van der Waals surface area contributed by atoms with E-state index in [9.17, 15) is 0 Å². The van der Waals surface area contributed by atoms with Crippen LogP contribution in [-0.4, -0.2) is 22.8 Å². The summed E-state index contributed by atoms with van der Waals surface area (Å²) in [6.07, 6.45) is 2.03. The number of nitrogens with one attached hydrogen (secondary N) is 1. The quantitative estimate of drug-likeness (QED) is 0.793. The van der Waals surface area contributed by atoms with Crippen molar-refractivity contribution in [3.8, 4) is 11.6 Å². The number of aromatic nitrogens is 2. The van der Waals surface area contributed by atoms with Crippen LogP contribution in [0, 0.1) is 0 Å². The van der Waals surface area contributed by atoms with Crippen molar-refractivity contribution in [1.82, 2.24) is 9.97 Å². The van der Waals surface area contributed by atoms with Gasteiger partial charge >= 0.3 is 0 Å². The van der Waals surface area contributed by atoms with Crippen LogP contribution >= 0.6 is 11.8 Å². The molecule has 4 nitrogen and oxygen atoms in total. The summed E-state index contributed by atoms with van der Waals surface area (Å²) >= 11 is 1.66. The van der Waals surface area contributed by atoms with E-state index >= 15 is 0 Å². The van der Waals surface area contributed by atoms with E-state index in [2.05, 4.69) is 29.1 Å². The number of hydrogen-bond acceptors (Lipinski definition) is 5. The molecule has 112 valence electrons. The molecule has 0 bridgehead atoms. The van der Waals surface area contributed by atoms with Crippen LogP contribution in [0.4, 0.5) is 5.82 Å². The largest absolute Gasteiger partial charge is 0.438 e. The molecule has 0 unspecified atom stereocenters. The summed E-state index contributed by atoms with van der Waals surface area (Å²) in [6.45, 7) is 7.01. The van der Waals surface area contributed by atoms with E-state index in [1.165, 1.54) is 0 Å². The lowest BCUT2D eigenvalue weighted by molar-refractivity contribution is 0.447. The Balaban J connectivity index is 2.34. The number of ether oxygens (including phenoxy) is 1. The van der Waals surface area contributed by atoms with Gasteiger partial charge in [-0.25, -0.2) is 4.98 Å². The van der Waals surface area contributed by atoms with Crippen molar-refractivity contribution >= 4 is 17.6 Å². The number of benzene rings is 1. The first-order chi connectivity index (χ1) is 10.1. The minimum atomic E-state index is 0.252. The van der Waals surface area contributed by atoms with Crippen LogP contribution in [0.15, 0.2) is 35.2 Å². The maximum absolute atomic E-state index is 5.97. The highest BCUT2D eigenvalue weighted by Crippen LogP contribution is 2.31. The molecule has 1 aromatic carbocycles. The van der Waals surface area contributed by atoms with Gasteiger partial charge in [0.15, 0.2) is 0 Å². The van der Waals surface area contributed by atoms with Gasteiger partial charge in [0, 0.05) is 23.4 Å². The van der Waals surface area contributed by atoms with Crippen molar-refractivity contribution in [3.05, 3.63) is 36.2 Å². The SMILES string of the molecule is CCNc1cc(Oc2ccccc2SC)nc(C(C)C)n1. The van der Waals surface area contributed by atoms with E-state index in [4.69, 9.17) is 4.74 Å². The lowest BCUT2D eigenvalue weighted by Crippen LogP contribution is -2.06. The smallest absolute Gasteiger partial charge is 0.224 e. The molecular weight excluding hydrogens is 282 g/mol. The molecule has 1 N–H and O–H groups in total. The van der Waals surface area contributed by atoms with Crippen molar-refractivity contribution in [3.63, 3.8) is 0 Å². The number of nitrogens with zero attached hydrogens (tertiary/aromatic N) is 2. The van der Waals surface area contributed by atoms with Gasteiger partial charge in [0.05, 0.1) is 0 Å². The normalized spacial score (nSPS) is 10.7. The summed E-state index contributed by atoms with van der Waals surface area (Å²) in [5.41, 5.74) is 0. The van der Waals surface area contributed by atoms with E-state index in [-0.39, 0.29) is 5.92 Å². The van der Waals surface area contributed by atoms with Crippen molar-refractivity contribution in [2.45, 2.75) is 31.6 Å². The number of anilines is 1. The Hall–Kier alpha value is -1.75. The fraction of sp³-hybridized carbons (Fsp3) is 0.375. The standard InChI is InChI=1S/C16H21N3OS/c1-5-17-14-10-15(19-16(18-14)11(2)3)20-12-8-6-7-9-13(12)21-4/h6-11H,5H2,1-4H3,(H,17,18,19). The van der Waals surface area contributed by atoms with Gasteiger partial charge in [0.25, 0.3) is 0 Å². The number of rotatable bonds is 6. The second kappa shape index (κ2) is 7.31. The van der Waals surface area contributed by atoms with E-state index in [1.807, 2.05) is 43.5 Å². The predicted molar refractivity (Wildman–Crippen MR) is 88.6 cm³/mol. The summed E-state index contributed by atoms with van der Waals surface area (Å²) in [5.74, 6) is 3.23. The Bertz CT molecular complexity index is 602. The molecule has 1 heterocycles. The molecule has 0 amide bonds. The third-order valence-corrected chi connectivity index (χ3v) is 3.65. The van der Waals surface area contributed by atoms with Crippen LogP contribution in [0.5, 0.6) is 11.6 Å². The van der Waals surface area contributed by atoms with E-state index in [1.54, 1.807) is 11.8 Å². The fourth-order valence-corrected chi connectivity index (χ4v) is 2.37. The van der Waals surface area contributed by atoms with E-state index in [0.717, 1.165) is 28.8 Å². The molecule has 0 spiro atoms. The highest BCUT2D eigenvalue weighted by Gasteiger charge is 2.11. The highest BCUT2D eigenvalue weighted by atomic mass is 32.2. The zero-order valence-corrected chi connectivity index (χ0v) is 13.7. The molecule has 0 aliphatic rings. The first-order valence-electron chi connectivity index (χ1n) is 7.07. The third kappa shape index (κ3) is 4.11. The van der Waals surface area contributed by atoms with Crippen LogP contribution in [0.3, 0.4) is 0 Å². The minimum absolute atomic E-state index is 0.252. The molecule has 0 aliphatic heterocycles. The van der Waals surface area contributed by atoms with Crippen LogP contribution in [-0.2, 0) is 0 Å². The van der Waals surface area contributed by atoms with Crippen molar-refractivity contribution in [1.29, 1.82) is 0 Å². The molecule has 5 heteroatoms. The molecule has 0 aliphatic carbocycles. The van der Waals surface area contributed by atoms with Gasteiger partial charge in [-0.05, 0) is 25.3 Å². The lowest BCUT2D eigenvalue weighted by atomic mass is 10.2. The molecule has 2 rings (SSSR count). The number of para-hydroxylation sites is 1. The molecule has 0 fully saturated rings. The lowest BCUT2D eigenvalue weighted by Gasteiger charge is -2.13. The Morgan fingerprint density at radius 3 is 2.67 bits per heavy atom. The molecule has 0 atom stereocenters. The maximum Gasteiger partial charge on any atom is 0.224 e. The maximum atomic E-state index is 5.97. The Morgan fingerprint density at radius 2 is 2.00 bits per heavy atom. The number of hydrogen-bond donors (Lipinski definition) is 1. The Morgan fingerprint density at radius 1 is 1.24 bits per heavy atom. The summed E-state index contributed by atoms with van der Waals surface area (Å²) < 4.78 is 5.97. The van der Waals surface area contributed by atoms with Crippen molar-refractivity contribution in [2.24, 2.45) is 0 Å². The van der Waals surface area contributed by atoms with Crippen LogP contribution in [0.25, 0.3) is 0 Å². The van der Waals surface area contributed by atoms with Gasteiger partial charge in [0.1, 0.15) is 17.4 Å². The zero-order valence-electron chi connectivity index (χ0n) is 12.9. The summed E-state index contributed by atoms with van der Waals surface area (Å²) in [5, 5.41) is 3.22. The van der Waals surface area contributed by atoms with Gasteiger partial charge in [-0.3, -0.25) is 0 Å². The second-order valence-electron chi connectivity index (χ2n) is 4.89. The molecule has 21 heavy (non-hydrogen) atoms. The van der Waals surface area contributed by atoms with Gasteiger partial charge in [-0.1, -0.05) is 26.0 Å². The van der Waals surface area contributed by atoms with Gasteiger partial charge in [-0.15, -0.1) is 11.8 Å². The molecule has 0 radical (unpaired) electrons. The summed E-state index contributed by atoms with van der Waals surface area (Å²) in [7, 11) is 0. The predicted octanol–water partition coefficient (Wildman–Crippen LogP) is 4.55. The van der Waals surface area contributed by atoms with Crippen molar-refractivity contribution < 1.29 is 4.74 Å². The van der Waals surface area contributed by atoms with E-state index in [0.29, 0.717) is 5.88 Å². The van der Waals surface area contributed by atoms with Crippen LogP contribution in [0.2, 0.25) is 0 Å². The minimum Gasteiger partial charge on any atom is -0.438 e. The summed E-state index contributed by atoms with van der Waals surface area (Å²) in [6, 6.07) is 9.80. The first kappa shape index (κ1) is 15.6. The molecule has 0 saturated heterocycles. The monoisotopic (exact) mass is 303 g/mol. The van der Waals surface area contributed by atoms with Gasteiger partial charge in [-0.2, -0.15) is 4.98 Å². The molecule has 0 saturated carbocycles.